The van der Waals surface area contributed by atoms with Crippen molar-refractivity contribution >= 4 is 32.6 Å². The third kappa shape index (κ3) is 4.99. The Morgan fingerprint density at radius 1 is 1.03 bits per heavy atom. The van der Waals surface area contributed by atoms with Gasteiger partial charge in [0.25, 0.3) is 5.91 Å². The number of thiazole rings is 1. The lowest BCUT2D eigenvalue weighted by Gasteiger charge is -2.34. The third-order valence-corrected chi connectivity index (χ3v) is 7.17. The Labute approximate surface area is 198 Å². The van der Waals surface area contributed by atoms with Crippen LogP contribution in [0.5, 0.6) is 17.2 Å². The van der Waals surface area contributed by atoms with E-state index in [2.05, 4.69) is 28.1 Å². The van der Waals surface area contributed by atoms with Crippen LogP contribution in [0.15, 0.2) is 30.3 Å². The van der Waals surface area contributed by atoms with E-state index in [9.17, 15) is 4.79 Å². The molecule has 1 amide bonds. The lowest BCUT2D eigenvalue weighted by atomic mass is 10.1. The number of rotatable bonds is 8. The van der Waals surface area contributed by atoms with Crippen molar-refractivity contribution < 1.29 is 19.0 Å². The Balaban J connectivity index is 1.29. The van der Waals surface area contributed by atoms with Gasteiger partial charge in [0, 0.05) is 45.3 Å². The molecule has 3 aromatic rings. The van der Waals surface area contributed by atoms with Crippen molar-refractivity contribution in [3.05, 3.63) is 41.5 Å². The van der Waals surface area contributed by atoms with Crippen LogP contribution in [0.1, 0.15) is 15.9 Å². The summed E-state index contributed by atoms with van der Waals surface area (Å²) in [4.78, 5) is 22.2. The molecule has 1 aliphatic heterocycles. The number of hydrogen-bond acceptors (Lipinski definition) is 8. The van der Waals surface area contributed by atoms with Gasteiger partial charge in [-0.2, -0.15) is 0 Å². The van der Waals surface area contributed by atoms with E-state index in [4.69, 9.17) is 19.2 Å². The summed E-state index contributed by atoms with van der Waals surface area (Å²) in [6, 6.07) is 9.26. The summed E-state index contributed by atoms with van der Waals surface area (Å²) in [6.45, 7) is 7.14. The molecule has 0 spiro atoms. The highest BCUT2D eigenvalue weighted by Crippen LogP contribution is 2.36. The minimum Gasteiger partial charge on any atom is -0.497 e. The Kier molecular flexibility index (Phi) is 7.20. The molecule has 2 aromatic carbocycles. The number of aromatic nitrogens is 1. The van der Waals surface area contributed by atoms with Crippen LogP contribution in [0.25, 0.3) is 10.2 Å². The number of carbonyl (C=O) groups excluding carboxylic acids is 1. The van der Waals surface area contributed by atoms with Crippen LogP contribution < -0.4 is 24.4 Å². The number of methoxy groups -OCH3 is 3. The zero-order valence-electron chi connectivity index (χ0n) is 19.5. The first-order chi connectivity index (χ1) is 16.0. The topological polar surface area (TPSA) is 76.2 Å². The van der Waals surface area contributed by atoms with Crippen LogP contribution in [0.4, 0.5) is 5.13 Å². The summed E-state index contributed by atoms with van der Waals surface area (Å²) in [5.74, 6) is 1.83. The predicted molar refractivity (Wildman–Crippen MR) is 131 cm³/mol. The summed E-state index contributed by atoms with van der Waals surface area (Å²) in [7, 11) is 4.82. The van der Waals surface area contributed by atoms with Crippen LogP contribution in [-0.2, 0) is 0 Å². The second-order valence-electron chi connectivity index (χ2n) is 7.91. The maximum Gasteiger partial charge on any atom is 0.255 e. The lowest BCUT2D eigenvalue weighted by molar-refractivity contribution is 0.0944. The molecule has 0 bridgehead atoms. The molecule has 0 radical (unpaired) electrons. The lowest BCUT2D eigenvalue weighted by Crippen LogP contribution is -2.48. The second kappa shape index (κ2) is 10.3. The van der Waals surface area contributed by atoms with Gasteiger partial charge in [-0.3, -0.25) is 9.69 Å². The van der Waals surface area contributed by atoms with Gasteiger partial charge in [-0.15, -0.1) is 0 Å². The normalized spacial score (nSPS) is 14.4. The number of nitrogens with one attached hydrogen (secondary N) is 1. The van der Waals surface area contributed by atoms with E-state index >= 15 is 0 Å². The first-order valence-electron chi connectivity index (χ1n) is 11.0. The van der Waals surface area contributed by atoms with Gasteiger partial charge < -0.3 is 24.4 Å². The quantitative estimate of drug-likeness (QED) is 0.542. The van der Waals surface area contributed by atoms with Crippen molar-refractivity contribution in [2.75, 3.05) is 65.5 Å². The molecule has 1 N–H and O–H groups in total. The van der Waals surface area contributed by atoms with Gasteiger partial charge in [0.1, 0.15) is 22.8 Å². The zero-order valence-corrected chi connectivity index (χ0v) is 20.3. The molecule has 33 heavy (non-hydrogen) atoms. The highest BCUT2D eigenvalue weighted by atomic mass is 32.1. The monoisotopic (exact) mass is 470 g/mol. The summed E-state index contributed by atoms with van der Waals surface area (Å²) < 4.78 is 17.2. The number of piperazine rings is 1. The van der Waals surface area contributed by atoms with Gasteiger partial charge in [-0.25, -0.2) is 4.98 Å². The zero-order chi connectivity index (χ0) is 23.4. The van der Waals surface area contributed by atoms with Crippen LogP contribution >= 0.6 is 11.3 Å². The molecule has 1 saturated heterocycles. The van der Waals surface area contributed by atoms with Crippen LogP contribution in [0.3, 0.4) is 0 Å². The minimum atomic E-state index is -0.146. The van der Waals surface area contributed by atoms with Crippen molar-refractivity contribution in [3.8, 4) is 17.2 Å². The van der Waals surface area contributed by atoms with Gasteiger partial charge in [0.05, 0.1) is 31.6 Å². The van der Waals surface area contributed by atoms with Gasteiger partial charge in [-0.1, -0.05) is 17.4 Å². The number of amides is 1. The molecule has 0 atom stereocenters. The molecule has 8 nitrogen and oxygen atoms in total. The van der Waals surface area contributed by atoms with Gasteiger partial charge in [-0.05, 0) is 30.7 Å². The first-order valence-corrected chi connectivity index (χ1v) is 11.8. The summed E-state index contributed by atoms with van der Waals surface area (Å²) >= 11 is 1.73. The minimum absolute atomic E-state index is 0.146. The number of nitrogens with zero attached hydrogens (tertiary/aromatic N) is 3. The van der Waals surface area contributed by atoms with E-state index < -0.39 is 0 Å². The molecule has 1 fully saturated rings. The van der Waals surface area contributed by atoms with Crippen molar-refractivity contribution in [1.29, 1.82) is 0 Å². The van der Waals surface area contributed by atoms with E-state index in [0.29, 0.717) is 23.6 Å². The number of hydrogen-bond donors (Lipinski definition) is 1. The fourth-order valence-electron chi connectivity index (χ4n) is 3.97. The maximum atomic E-state index is 12.6. The average molecular weight is 471 g/mol. The molecule has 1 aromatic heterocycles. The van der Waals surface area contributed by atoms with E-state index in [1.54, 1.807) is 50.9 Å². The number of fused-ring (bicyclic) bond motifs is 1. The van der Waals surface area contributed by atoms with Gasteiger partial charge in [0.15, 0.2) is 5.13 Å². The van der Waals surface area contributed by atoms with Crippen LogP contribution in [0.2, 0.25) is 0 Å². The Morgan fingerprint density at radius 3 is 2.48 bits per heavy atom. The number of carbonyl (C=O) groups is 1. The SMILES string of the molecule is COc1ccc(C(=O)NCCN2CCN(c3nc4c(OC)ccc(C)c4s3)CC2)c(OC)c1. The van der Waals surface area contributed by atoms with E-state index in [1.807, 2.05) is 6.07 Å². The predicted octanol–water partition coefficient (Wildman–Crippen LogP) is 3.18. The first kappa shape index (κ1) is 23.1. The average Bonchev–Trinajstić information content (AvgIpc) is 3.30. The molecule has 0 unspecified atom stereocenters. The molecule has 176 valence electrons. The maximum absolute atomic E-state index is 12.6. The van der Waals surface area contributed by atoms with Crippen LogP contribution in [0, 0.1) is 6.92 Å². The van der Waals surface area contributed by atoms with Crippen LogP contribution in [-0.4, -0.2) is 76.4 Å². The van der Waals surface area contributed by atoms with E-state index in [-0.39, 0.29) is 5.91 Å². The molecular formula is C24H30N4O4S. The van der Waals surface area contributed by atoms with Crippen molar-refractivity contribution in [1.82, 2.24) is 15.2 Å². The summed E-state index contributed by atoms with van der Waals surface area (Å²) in [5, 5.41) is 4.04. The Bertz CT molecular complexity index is 1130. The summed E-state index contributed by atoms with van der Waals surface area (Å²) in [5.41, 5.74) is 2.67. The molecular weight excluding hydrogens is 440 g/mol. The van der Waals surface area contributed by atoms with Crippen molar-refractivity contribution in [2.24, 2.45) is 0 Å². The van der Waals surface area contributed by atoms with Gasteiger partial charge in [0.2, 0.25) is 0 Å². The molecule has 1 aliphatic rings. The number of benzene rings is 2. The summed E-state index contributed by atoms with van der Waals surface area (Å²) in [6.07, 6.45) is 0. The van der Waals surface area contributed by atoms with Gasteiger partial charge >= 0.3 is 0 Å². The second-order valence-corrected chi connectivity index (χ2v) is 8.89. The Hall–Kier alpha value is -3.04. The number of ether oxygens (including phenoxy) is 3. The van der Waals surface area contributed by atoms with E-state index in [0.717, 1.165) is 49.1 Å². The number of anilines is 1. The number of aryl methyl sites for hydroxylation is 1. The molecule has 0 saturated carbocycles. The largest absolute Gasteiger partial charge is 0.497 e. The highest BCUT2D eigenvalue weighted by Gasteiger charge is 2.21. The molecule has 2 heterocycles. The standard InChI is InChI=1S/C24H30N4O4S/c1-16-5-8-19(31-3)21-22(16)33-24(26-21)28-13-11-27(12-14-28)10-9-25-23(29)18-7-6-17(30-2)15-20(18)32-4/h5-8,15H,9-14H2,1-4H3,(H,25,29). The fraction of sp³-hybridized carbons (Fsp3) is 0.417. The van der Waals surface area contributed by atoms with Crippen molar-refractivity contribution in [2.45, 2.75) is 6.92 Å². The fourth-order valence-corrected chi connectivity index (χ4v) is 5.07. The van der Waals surface area contributed by atoms with Crippen molar-refractivity contribution in [3.63, 3.8) is 0 Å². The molecule has 0 aliphatic carbocycles. The third-order valence-electron chi connectivity index (χ3n) is 5.92. The Morgan fingerprint density at radius 2 is 1.79 bits per heavy atom. The molecule has 4 rings (SSSR count). The molecule has 9 heteroatoms. The highest BCUT2D eigenvalue weighted by molar-refractivity contribution is 7.22. The smallest absolute Gasteiger partial charge is 0.255 e. The van der Waals surface area contributed by atoms with E-state index in [1.165, 1.54) is 10.3 Å².